The van der Waals surface area contributed by atoms with Gasteiger partial charge in [-0.15, -0.1) is 0 Å². The first kappa shape index (κ1) is 16.7. The number of alkyl halides is 1. The van der Waals surface area contributed by atoms with Gasteiger partial charge in [0.1, 0.15) is 35.7 Å². The predicted molar refractivity (Wildman–Crippen MR) is 84.8 cm³/mol. The highest BCUT2D eigenvalue weighted by atomic mass is 35.5. The first-order chi connectivity index (χ1) is 10.5. The molecule has 22 heavy (non-hydrogen) atoms. The number of pyridine rings is 1. The van der Waals surface area contributed by atoms with Crippen LogP contribution in [0.25, 0.3) is 11.3 Å². The number of ether oxygens (including phenoxy) is 1. The minimum absolute atomic E-state index is 0.245. The van der Waals surface area contributed by atoms with Gasteiger partial charge in [-0.25, -0.2) is 13.8 Å². The van der Waals surface area contributed by atoms with Crippen molar-refractivity contribution >= 4 is 11.6 Å². The van der Waals surface area contributed by atoms with Crippen molar-refractivity contribution in [3.8, 4) is 17.0 Å². The lowest BCUT2D eigenvalue weighted by molar-refractivity contribution is 0.237. The molecule has 118 valence electrons. The number of halogens is 3. The van der Waals surface area contributed by atoms with Crippen molar-refractivity contribution in [2.45, 2.75) is 26.2 Å². The van der Waals surface area contributed by atoms with Crippen molar-refractivity contribution in [3.63, 3.8) is 0 Å². The lowest BCUT2D eigenvalue weighted by atomic mass is 9.86. The molecule has 2 heterocycles. The van der Waals surface area contributed by atoms with Crippen molar-refractivity contribution in [2.75, 3.05) is 13.3 Å². The van der Waals surface area contributed by atoms with Gasteiger partial charge in [0.05, 0.1) is 5.41 Å². The fraction of sp³-hybridized carbons (Fsp3) is 0.353. The van der Waals surface area contributed by atoms with Gasteiger partial charge in [0.2, 0.25) is 0 Å². The van der Waals surface area contributed by atoms with Crippen molar-refractivity contribution in [3.05, 3.63) is 46.9 Å². The van der Waals surface area contributed by atoms with Crippen LogP contribution in [0.4, 0.5) is 8.78 Å². The summed E-state index contributed by atoms with van der Waals surface area (Å²) >= 11 is 6.03. The average Bonchev–Trinajstić information content (AvgIpc) is 2.87. The van der Waals surface area contributed by atoms with Crippen LogP contribution in [0.15, 0.2) is 30.3 Å². The van der Waals surface area contributed by atoms with E-state index in [2.05, 4.69) is 4.98 Å². The Morgan fingerprint density at radius 1 is 1.27 bits per heavy atom. The third kappa shape index (κ3) is 2.93. The van der Waals surface area contributed by atoms with Gasteiger partial charge < -0.3 is 4.74 Å². The Morgan fingerprint density at radius 3 is 2.50 bits per heavy atom. The molecular weight excluding hydrogens is 308 g/mol. The fourth-order valence-electron chi connectivity index (χ4n) is 2.32. The Morgan fingerprint density at radius 2 is 1.91 bits per heavy atom. The van der Waals surface area contributed by atoms with Crippen LogP contribution in [-0.4, -0.2) is 18.3 Å². The molecule has 2 aromatic rings. The predicted octanol–water partition coefficient (Wildman–Crippen LogP) is 5.19. The topological polar surface area (TPSA) is 22.1 Å². The van der Waals surface area contributed by atoms with E-state index >= 15 is 0 Å². The minimum Gasteiger partial charge on any atom is -0.490 e. The Hall–Kier alpha value is -1.68. The van der Waals surface area contributed by atoms with E-state index in [-0.39, 0.29) is 17.6 Å². The summed E-state index contributed by atoms with van der Waals surface area (Å²) in [5.74, 6) is 0.197. The van der Waals surface area contributed by atoms with Crippen LogP contribution in [-0.2, 0) is 5.41 Å². The van der Waals surface area contributed by atoms with Gasteiger partial charge in [0, 0.05) is 11.1 Å². The van der Waals surface area contributed by atoms with Crippen LogP contribution in [0.2, 0.25) is 5.15 Å². The van der Waals surface area contributed by atoms with E-state index in [0.29, 0.717) is 22.6 Å². The minimum atomic E-state index is -0.712. The lowest BCUT2D eigenvalue weighted by Crippen LogP contribution is -2.26. The summed E-state index contributed by atoms with van der Waals surface area (Å²) in [6.07, 6.45) is 0. The van der Waals surface area contributed by atoms with Gasteiger partial charge >= 0.3 is 0 Å². The fourth-order valence-corrected chi connectivity index (χ4v) is 2.51. The first-order valence-electron chi connectivity index (χ1n) is 7.19. The molecule has 0 radical (unpaired) electrons. The second kappa shape index (κ2) is 6.61. The van der Waals surface area contributed by atoms with Gasteiger partial charge in [0.25, 0.3) is 0 Å². The van der Waals surface area contributed by atoms with Gasteiger partial charge in [-0.1, -0.05) is 25.4 Å². The summed E-state index contributed by atoms with van der Waals surface area (Å²) in [5.41, 5.74) is 1.20. The largest absolute Gasteiger partial charge is 0.490 e. The maximum Gasteiger partial charge on any atom is 0.149 e. The second-order valence-electron chi connectivity index (χ2n) is 5.16. The molecule has 0 fully saturated rings. The number of fused-ring (bicyclic) bond motifs is 1. The molecule has 5 heteroatoms. The maximum atomic E-state index is 13.3. The molecule has 3 rings (SSSR count). The maximum absolute atomic E-state index is 13.3. The highest BCUT2D eigenvalue weighted by molar-refractivity contribution is 6.29. The molecule has 0 N–H and O–H groups in total. The third-order valence-corrected chi connectivity index (χ3v) is 3.73. The van der Waals surface area contributed by atoms with Gasteiger partial charge in [0.15, 0.2) is 0 Å². The summed E-state index contributed by atoms with van der Waals surface area (Å²) in [6, 6.07) is 7.52. The summed E-state index contributed by atoms with van der Waals surface area (Å²) in [5, 5.41) is 0.272. The van der Waals surface area contributed by atoms with E-state index in [0.717, 1.165) is 0 Å². The van der Waals surface area contributed by atoms with Crippen LogP contribution < -0.4 is 4.74 Å². The van der Waals surface area contributed by atoms with E-state index in [1.165, 1.54) is 12.1 Å². The molecule has 0 bridgehead atoms. The highest BCUT2D eigenvalue weighted by Gasteiger charge is 2.39. The van der Waals surface area contributed by atoms with E-state index in [1.54, 1.807) is 25.1 Å². The van der Waals surface area contributed by atoms with Crippen molar-refractivity contribution in [1.29, 1.82) is 0 Å². The van der Waals surface area contributed by atoms with Gasteiger partial charge in [-0.05, 0) is 37.3 Å². The SMILES string of the molecule is CC.CC1(CF)COc2c1cc(Cl)nc2-c1ccc(F)cc1. The van der Waals surface area contributed by atoms with Crippen LogP contribution in [0.5, 0.6) is 5.75 Å². The molecular formula is C17H18ClF2NO. The number of rotatable bonds is 2. The Balaban J connectivity index is 0.000000847. The van der Waals surface area contributed by atoms with Gasteiger partial charge in [-0.2, -0.15) is 0 Å². The van der Waals surface area contributed by atoms with Crippen LogP contribution in [0.3, 0.4) is 0 Å². The molecule has 1 aliphatic heterocycles. The van der Waals surface area contributed by atoms with Crippen LogP contribution in [0.1, 0.15) is 26.3 Å². The molecule has 0 aliphatic carbocycles. The van der Waals surface area contributed by atoms with Crippen LogP contribution >= 0.6 is 11.6 Å². The van der Waals surface area contributed by atoms with E-state index < -0.39 is 12.1 Å². The molecule has 0 spiro atoms. The smallest absolute Gasteiger partial charge is 0.149 e. The molecule has 1 unspecified atom stereocenters. The van der Waals surface area contributed by atoms with Crippen molar-refractivity contribution < 1.29 is 13.5 Å². The Kier molecular flexibility index (Phi) is 5.01. The molecule has 0 saturated carbocycles. The zero-order valence-corrected chi connectivity index (χ0v) is 13.5. The number of hydrogen-bond donors (Lipinski definition) is 0. The van der Waals surface area contributed by atoms with Crippen LogP contribution in [0, 0.1) is 5.82 Å². The Labute approximate surface area is 134 Å². The van der Waals surface area contributed by atoms with E-state index in [4.69, 9.17) is 16.3 Å². The normalized spacial score (nSPS) is 19.0. The average molecular weight is 326 g/mol. The summed E-state index contributed by atoms with van der Waals surface area (Å²) in [4.78, 5) is 4.24. The number of aromatic nitrogens is 1. The summed E-state index contributed by atoms with van der Waals surface area (Å²) < 4.78 is 31.9. The number of hydrogen-bond acceptors (Lipinski definition) is 2. The van der Waals surface area contributed by atoms with E-state index in [1.807, 2.05) is 13.8 Å². The molecule has 0 saturated heterocycles. The third-order valence-electron chi connectivity index (χ3n) is 3.54. The van der Waals surface area contributed by atoms with Crippen molar-refractivity contribution in [1.82, 2.24) is 4.98 Å². The summed E-state index contributed by atoms with van der Waals surface area (Å²) in [7, 11) is 0. The monoisotopic (exact) mass is 325 g/mol. The zero-order valence-electron chi connectivity index (χ0n) is 12.8. The number of nitrogens with zero attached hydrogens (tertiary/aromatic N) is 1. The Bertz CT molecular complexity index is 660. The molecule has 1 aromatic heterocycles. The molecule has 0 amide bonds. The zero-order chi connectivity index (χ0) is 16.3. The van der Waals surface area contributed by atoms with Gasteiger partial charge in [-0.3, -0.25) is 0 Å². The lowest BCUT2D eigenvalue weighted by Gasteiger charge is -2.17. The first-order valence-corrected chi connectivity index (χ1v) is 7.57. The molecule has 1 atom stereocenters. The van der Waals surface area contributed by atoms with E-state index in [9.17, 15) is 8.78 Å². The molecule has 1 aliphatic rings. The summed E-state index contributed by atoms with van der Waals surface area (Å²) in [6.45, 7) is 5.49. The van der Waals surface area contributed by atoms with Crippen molar-refractivity contribution in [2.24, 2.45) is 0 Å². The highest BCUT2D eigenvalue weighted by Crippen LogP contribution is 2.45. The quantitative estimate of drug-likeness (QED) is 0.709. The number of benzene rings is 1. The molecule has 2 nitrogen and oxygen atoms in total. The standard InChI is InChI=1S/C15H12ClF2NO.C2H6/c1-15(7-17)8-20-14-11(15)6-12(16)19-13(14)9-2-4-10(18)5-3-9;1-2/h2-6H,7-8H2,1H3;1-2H3. The molecule has 1 aromatic carbocycles. The second-order valence-corrected chi connectivity index (χ2v) is 5.55.